The summed E-state index contributed by atoms with van der Waals surface area (Å²) >= 11 is 3.27. The number of aliphatic imine (C=N–C) groups is 1. The predicted octanol–water partition coefficient (Wildman–Crippen LogP) is 3.45. The van der Waals surface area contributed by atoms with Crippen molar-refractivity contribution in [3.05, 3.63) is 35.5 Å². The fraction of sp³-hybridized carbons (Fsp3) is 0.222. The Hall–Kier alpha value is -0.630. The second kappa shape index (κ2) is 6.10. The van der Waals surface area contributed by atoms with E-state index in [1.165, 1.54) is 0 Å². The van der Waals surface area contributed by atoms with E-state index in [1.54, 1.807) is 12.3 Å². The summed E-state index contributed by atoms with van der Waals surface area (Å²) in [5, 5.41) is 0. The molecular formula is C9H12BrN. The summed E-state index contributed by atoms with van der Waals surface area (Å²) in [6.07, 6.45) is 7.32. The van der Waals surface area contributed by atoms with Crippen molar-refractivity contribution in [3.8, 4) is 0 Å². The summed E-state index contributed by atoms with van der Waals surface area (Å²) in [6.45, 7) is 7.49. The van der Waals surface area contributed by atoms with Crippen molar-refractivity contribution in [1.82, 2.24) is 0 Å². The van der Waals surface area contributed by atoms with E-state index >= 15 is 0 Å². The quantitative estimate of drug-likeness (QED) is 0.504. The summed E-state index contributed by atoms with van der Waals surface area (Å²) in [4.78, 5) is 4.13. The Morgan fingerprint density at radius 3 is 2.64 bits per heavy atom. The molecule has 60 valence electrons. The van der Waals surface area contributed by atoms with E-state index in [-0.39, 0.29) is 0 Å². The van der Waals surface area contributed by atoms with Crippen LogP contribution in [0.4, 0.5) is 0 Å². The maximum Gasteiger partial charge on any atom is 0.0413 e. The smallest absolute Gasteiger partial charge is 0.0413 e. The van der Waals surface area contributed by atoms with E-state index in [1.807, 2.05) is 26.0 Å². The van der Waals surface area contributed by atoms with E-state index in [2.05, 4.69) is 27.5 Å². The van der Waals surface area contributed by atoms with Gasteiger partial charge in [-0.05, 0) is 35.9 Å². The molecule has 0 aromatic heterocycles. The van der Waals surface area contributed by atoms with Gasteiger partial charge in [-0.1, -0.05) is 18.7 Å². The maximum absolute atomic E-state index is 4.13. The number of hydrogen-bond acceptors (Lipinski definition) is 1. The first-order valence-electron chi connectivity index (χ1n) is 3.36. The van der Waals surface area contributed by atoms with Gasteiger partial charge in [0.15, 0.2) is 0 Å². The largest absolute Gasteiger partial charge is 0.260 e. The Balaban J connectivity index is 4.21. The van der Waals surface area contributed by atoms with Crippen molar-refractivity contribution in [2.75, 3.05) is 0 Å². The van der Waals surface area contributed by atoms with Gasteiger partial charge in [0.2, 0.25) is 0 Å². The van der Waals surface area contributed by atoms with Crippen LogP contribution in [0.5, 0.6) is 0 Å². The van der Waals surface area contributed by atoms with Gasteiger partial charge in [-0.15, -0.1) is 0 Å². The zero-order valence-corrected chi connectivity index (χ0v) is 8.43. The molecule has 0 rings (SSSR count). The molecule has 0 unspecified atom stereocenters. The van der Waals surface area contributed by atoms with E-state index in [0.29, 0.717) is 0 Å². The van der Waals surface area contributed by atoms with E-state index in [0.717, 1.165) is 10.2 Å². The Labute approximate surface area is 76.4 Å². The third kappa shape index (κ3) is 5.80. The minimum atomic E-state index is 0.890. The van der Waals surface area contributed by atoms with Crippen molar-refractivity contribution in [2.24, 2.45) is 4.99 Å². The molecule has 0 aliphatic carbocycles. The number of halogens is 1. The normalized spacial score (nSPS) is 14.1. The van der Waals surface area contributed by atoms with Crippen LogP contribution in [0.3, 0.4) is 0 Å². The van der Waals surface area contributed by atoms with Gasteiger partial charge < -0.3 is 0 Å². The SMILES string of the molecule is C=C\C(Br)=C/N=C(C)\C=C\C. The molecule has 0 amide bonds. The molecule has 0 saturated carbocycles. The molecule has 0 aliphatic rings. The molecule has 0 aliphatic heterocycles. The fourth-order valence-corrected chi connectivity index (χ4v) is 0.603. The summed E-state index contributed by atoms with van der Waals surface area (Å²) in [5.74, 6) is 0. The summed E-state index contributed by atoms with van der Waals surface area (Å²) in [6, 6.07) is 0. The lowest BCUT2D eigenvalue weighted by molar-refractivity contribution is 1.52. The lowest BCUT2D eigenvalue weighted by Crippen LogP contribution is -1.80. The molecule has 0 saturated heterocycles. The van der Waals surface area contributed by atoms with Crippen LogP contribution < -0.4 is 0 Å². The molecular weight excluding hydrogens is 202 g/mol. The van der Waals surface area contributed by atoms with E-state index in [4.69, 9.17) is 0 Å². The highest BCUT2D eigenvalue weighted by Gasteiger charge is 1.80. The minimum absolute atomic E-state index is 0.890. The Kier molecular flexibility index (Phi) is 5.75. The number of nitrogens with zero attached hydrogens (tertiary/aromatic N) is 1. The van der Waals surface area contributed by atoms with Gasteiger partial charge >= 0.3 is 0 Å². The molecule has 0 radical (unpaired) electrons. The average Bonchev–Trinajstić information content (AvgIpc) is 2.01. The molecule has 0 heterocycles. The van der Waals surface area contributed by atoms with Crippen LogP contribution in [0.15, 0.2) is 40.5 Å². The number of rotatable bonds is 3. The van der Waals surface area contributed by atoms with Gasteiger partial charge in [-0.3, -0.25) is 4.99 Å². The molecule has 0 bridgehead atoms. The number of allylic oxidation sites excluding steroid dienone is 4. The van der Waals surface area contributed by atoms with Crippen LogP contribution >= 0.6 is 15.9 Å². The van der Waals surface area contributed by atoms with E-state index in [9.17, 15) is 0 Å². The fourth-order valence-electron chi connectivity index (χ4n) is 0.500. The minimum Gasteiger partial charge on any atom is -0.260 e. The Morgan fingerprint density at radius 2 is 2.18 bits per heavy atom. The van der Waals surface area contributed by atoms with Crippen molar-refractivity contribution < 1.29 is 0 Å². The molecule has 0 aromatic rings. The summed E-state index contributed by atoms with van der Waals surface area (Å²) in [7, 11) is 0. The highest BCUT2D eigenvalue weighted by molar-refractivity contribution is 9.11. The molecule has 0 spiro atoms. The highest BCUT2D eigenvalue weighted by atomic mass is 79.9. The van der Waals surface area contributed by atoms with Gasteiger partial charge in [0.25, 0.3) is 0 Å². The van der Waals surface area contributed by atoms with Crippen LogP contribution in [-0.2, 0) is 0 Å². The molecule has 0 atom stereocenters. The van der Waals surface area contributed by atoms with E-state index < -0.39 is 0 Å². The summed E-state index contributed by atoms with van der Waals surface area (Å²) < 4.78 is 0.890. The van der Waals surface area contributed by atoms with Crippen molar-refractivity contribution >= 4 is 21.6 Å². The number of hydrogen-bond donors (Lipinski definition) is 0. The molecule has 0 fully saturated rings. The molecule has 2 heteroatoms. The first-order chi connectivity index (χ1) is 5.20. The third-order valence-corrected chi connectivity index (χ3v) is 1.52. The topological polar surface area (TPSA) is 12.4 Å². The highest BCUT2D eigenvalue weighted by Crippen LogP contribution is 2.04. The van der Waals surface area contributed by atoms with Crippen LogP contribution in [0, 0.1) is 0 Å². The zero-order chi connectivity index (χ0) is 8.69. The lowest BCUT2D eigenvalue weighted by atomic mass is 10.4. The molecule has 0 aromatic carbocycles. The first-order valence-corrected chi connectivity index (χ1v) is 4.15. The molecule has 1 nitrogen and oxygen atoms in total. The first kappa shape index (κ1) is 10.4. The summed E-state index contributed by atoms with van der Waals surface area (Å²) in [5.41, 5.74) is 0.978. The van der Waals surface area contributed by atoms with Crippen LogP contribution in [0.1, 0.15) is 13.8 Å². The predicted molar refractivity (Wildman–Crippen MR) is 55.1 cm³/mol. The van der Waals surface area contributed by atoms with Gasteiger partial charge in [-0.25, -0.2) is 0 Å². The van der Waals surface area contributed by atoms with Crippen molar-refractivity contribution in [1.29, 1.82) is 0 Å². The van der Waals surface area contributed by atoms with Crippen LogP contribution in [0.25, 0.3) is 0 Å². The van der Waals surface area contributed by atoms with Gasteiger partial charge in [0, 0.05) is 16.4 Å². The zero-order valence-electron chi connectivity index (χ0n) is 6.84. The van der Waals surface area contributed by atoms with Gasteiger partial charge in [-0.2, -0.15) is 0 Å². The second-order valence-corrected chi connectivity index (χ2v) is 2.90. The van der Waals surface area contributed by atoms with Crippen LogP contribution in [0.2, 0.25) is 0 Å². The average molecular weight is 214 g/mol. The molecule has 11 heavy (non-hydrogen) atoms. The van der Waals surface area contributed by atoms with Gasteiger partial charge in [0.05, 0.1) is 0 Å². The maximum atomic E-state index is 4.13. The third-order valence-electron chi connectivity index (χ3n) is 0.994. The van der Waals surface area contributed by atoms with Crippen molar-refractivity contribution in [2.45, 2.75) is 13.8 Å². The molecule has 0 N–H and O–H groups in total. The monoisotopic (exact) mass is 213 g/mol. The Bertz CT molecular complexity index is 212. The van der Waals surface area contributed by atoms with Crippen LogP contribution in [-0.4, -0.2) is 5.71 Å². The standard InChI is InChI=1S/C9H12BrN/c1-4-6-8(3)11-7-9(10)5-2/h4-7H,2H2,1,3H3/b6-4+,9-7+,11-8-. The van der Waals surface area contributed by atoms with Gasteiger partial charge in [0.1, 0.15) is 0 Å². The second-order valence-electron chi connectivity index (χ2n) is 1.99. The Morgan fingerprint density at radius 1 is 1.55 bits per heavy atom. The van der Waals surface area contributed by atoms with Crippen molar-refractivity contribution in [3.63, 3.8) is 0 Å². The lowest BCUT2D eigenvalue weighted by Gasteiger charge is -1.86.